The summed E-state index contributed by atoms with van der Waals surface area (Å²) in [5, 5.41) is 3.28. The molecule has 0 unspecified atom stereocenters. The van der Waals surface area contributed by atoms with Crippen LogP contribution in [0.2, 0.25) is 0 Å². The van der Waals surface area contributed by atoms with Gasteiger partial charge in [-0.15, -0.1) is 0 Å². The van der Waals surface area contributed by atoms with E-state index in [0.717, 1.165) is 11.1 Å². The van der Waals surface area contributed by atoms with Gasteiger partial charge in [-0.2, -0.15) is 0 Å². The number of anilines is 1. The zero-order valence-electron chi connectivity index (χ0n) is 15.7. The van der Waals surface area contributed by atoms with E-state index in [1.807, 2.05) is 67.6 Å². The van der Waals surface area contributed by atoms with Gasteiger partial charge in [0, 0.05) is 25.7 Å². The van der Waals surface area contributed by atoms with E-state index >= 15 is 0 Å². The highest BCUT2D eigenvalue weighted by Crippen LogP contribution is 2.13. The second-order valence-electron chi connectivity index (χ2n) is 6.33. The van der Waals surface area contributed by atoms with Crippen LogP contribution < -0.4 is 5.32 Å². The number of rotatable bonds is 7. The molecule has 0 spiro atoms. The third-order valence-corrected chi connectivity index (χ3v) is 4.26. The molecule has 0 aliphatic heterocycles. The Hall–Kier alpha value is -3.21. The zero-order chi connectivity index (χ0) is 19.1. The summed E-state index contributed by atoms with van der Waals surface area (Å²) in [7, 11) is 0. The lowest BCUT2D eigenvalue weighted by Crippen LogP contribution is -2.31. The lowest BCUT2D eigenvalue weighted by atomic mass is 10.2. The molecule has 3 rings (SSSR count). The highest BCUT2D eigenvalue weighted by Gasteiger charge is 2.17. The molecule has 0 atom stereocenters. The van der Waals surface area contributed by atoms with E-state index in [2.05, 4.69) is 15.3 Å². The van der Waals surface area contributed by atoms with Crippen molar-refractivity contribution in [3.05, 3.63) is 89.4 Å². The summed E-state index contributed by atoms with van der Waals surface area (Å²) in [5.41, 5.74) is 2.66. The van der Waals surface area contributed by atoms with Gasteiger partial charge in [0.15, 0.2) is 0 Å². The molecular formula is C22H24N4O. The van der Waals surface area contributed by atoms with Crippen LogP contribution in [0.3, 0.4) is 0 Å². The standard InChI is InChI=1S/C22H24N4O/c1-3-26(16-19-12-8-5-9-13-19)22(27)20-14-21(25-17(2)24-20)23-15-18-10-6-4-7-11-18/h4-14H,3,15-16H2,1-2H3,(H,23,24,25). The number of nitrogens with one attached hydrogen (secondary N) is 1. The maximum atomic E-state index is 13.0. The van der Waals surface area contributed by atoms with Crippen molar-refractivity contribution in [2.75, 3.05) is 11.9 Å². The van der Waals surface area contributed by atoms with Gasteiger partial charge in [0.2, 0.25) is 0 Å². The summed E-state index contributed by atoms with van der Waals surface area (Å²) >= 11 is 0. The molecule has 0 bridgehead atoms. The van der Waals surface area contributed by atoms with E-state index in [1.165, 1.54) is 0 Å². The van der Waals surface area contributed by atoms with Crippen molar-refractivity contribution in [2.24, 2.45) is 0 Å². The first-order valence-corrected chi connectivity index (χ1v) is 9.12. The molecule has 0 aliphatic carbocycles. The summed E-state index contributed by atoms with van der Waals surface area (Å²) in [6.07, 6.45) is 0. The van der Waals surface area contributed by atoms with Crippen LogP contribution in [0.4, 0.5) is 5.82 Å². The van der Waals surface area contributed by atoms with Gasteiger partial charge in [0.1, 0.15) is 17.3 Å². The van der Waals surface area contributed by atoms with E-state index in [0.29, 0.717) is 37.0 Å². The Morgan fingerprint density at radius 3 is 2.22 bits per heavy atom. The molecule has 0 saturated carbocycles. The Bertz CT molecular complexity index is 881. The normalized spacial score (nSPS) is 10.4. The highest BCUT2D eigenvalue weighted by molar-refractivity contribution is 5.93. The molecule has 1 heterocycles. The number of aromatic nitrogens is 2. The smallest absolute Gasteiger partial charge is 0.272 e. The minimum Gasteiger partial charge on any atom is -0.366 e. The first-order chi connectivity index (χ1) is 13.2. The molecule has 0 aliphatic rings. The third kappa shape index (κ3) is 5.14. The third-order valence-electron chi connectivity index (χ3n) is 4.26. The molecular weight excluding hydrogens is 336 g/mol. The number of carbonyl (C=O) groups excluding carboxylic acids is 1. The second kappa shape index (κ2) is 8.94. The number of hydrogen-bond donors (Lipinski definition) is 1. The summed E-state index contributed by atoms with van der Waals surface area (Å²) in [4.78, 5) is 23.5. The fourth-order valence-electron chi connectivity index (χ4n) is 2.85. The van der Waals surface area contributed by atoms with Crippen molar-refractivity contribution in [1.29, 1.82) is 0 Å². The van der Waals surface area contributed by atoms with Gasteiger partial charge in [0.25, 0.3) is 5.91 Å². The van der Waals surface area contributed by atoms with Crippen molar-refractivity contribution in [2.45, 2.75) is 26.9 Å². The van der Waals surface area contributed by atoms with Crippen LogP contribution in [-0.2, 0) is 13.1 Å². The van der Waals surface area contributed by atoms with E-state index in [1.54, 1.807) is 17.9 Å². The zero-order valence-corrected chi connectivity index (χ0v) is 15.7. The fourth-order valence-corrected chi connectivity index (χ4v) is 2.85. The molecule has 27 heavy (non-hydrogen) atoms. The number of carbonyl (C=O) groups is 1. The Balaban J connectivity index is 1.74. The Morgan fingerprint density at radius 2 is 1.59 bits per heavy atom. The number of aryl methyl sites for hydroxylation is 1. The lowest BCUT2D eigenvalue weighted by Gasteiger charge is -2.21. The largest absolute Gasteiger partial charge is 0.366 e. The van der Waals surface area contributed by atoms with Crippen LogP contribution in [0, 0.1) is 6.92 Å². The van der Waals surface area contributed by atoms with Crippen molar-refractivity contribution < 1.29 is 4.79 Å². The van der Waals surface area contributed by atoms with Gasteiger partial charge in [0.05, 0.1) is 0 Å². The van der Waals surface area contributed by atoms with Crippen LogP contribution in [0.5, 0.6) is 0 Å². The first kappa shape index (κ1) is 18.6. The molecule has 0 fully saturated rings. The maximum absolute atomic E-state index is 13.0. The topological polar surface area (TPSA) is 58.1 Å². The minimum atomic E-state index is -0.0883. The molecule has 1 N–H and O–H groups in total. The molecule has 138 valence electrons. The van der Waals surface area contributed by atoms with Gasteiger partial charge in [-0.25, -0.2) is 9.97 Å². The van der Waals surface area contributed by atoms with Crippen molar-refractivity contribution in [3.63, 3.8) is 0 Å². The van der Waals surface area contributed by atoms with Gasteiger partial charge >= 0.3 is 0 Å². The monoisotopic (exact) mass is 360 g/mol. The van der Waals surface area contributed by atoms with Crippen molar-refractivity contribution in [3.8, 4) is 0 Å². The van der Waals surface area contributed by atoms with E-state index in [-0.39, 0.29) is 5.91 Å². The first-order valence-electron chi connectivity index (χ1n) is 9.12. The van der Waals surface area contributed by atoms with Gasteiger partial charge in [-0.05, 0) is 25.0 Å². The predicted molar refractivity (Wildman–Crippen MR) is 107 cm³/mol. The number of amides is 1. The Labute approximate surface area is 160 Å². The average molecular weight is 360 g/mol. The minimum absolute atomic E-state index is 0.0883. The molecule has 1 aromatic heterocycles. The number of nitrogens with zero attached hydrogens (tertiary/aromatic N) is 3. The maximum Gasteiger partial charge on any atom is 0.272 e. The van der Waals surface area contributed by atoms with Crippen LogP contribution in [-0.4, -0.2) is 27.3 Å². The van der Waals surface area contributed by atoms with Gasteiger partial charge in [-0.3, -0.25) is 4.79 Å². The Morgan fingerprint density at radius 1 is 0.963 bits per heavy atom. The molecule has 2 aromatic carbocycles. The number of hydrogen-bond acceptors (Lipinski definition) is 4. The van der Waals surface area contributed by atoms with Gasteiger partial charge < -0.3 is 10.2 Å². The van der Waals surface area contributed by atoms with Gasteiger partial charge in [-0.1, -0.05) is 60.7 Å². The predicted octanol–water partition coefficient (Wildman–Crippen LogP) is 4.06. The van der Waals surface area contributed by atoms with Crippen LogP contribution >= 0.6 is 0 Å². The van der Waals surface area contributed by atoms with Crippen LogP contribution in [0.15, 0.2) is 66.7 Å². The molecule has 5 nitrogen and oxygen atoms in total. The van der Waals surface area contributed by atoms with E-state index < -0.39 is 0 Å². The molecule has 3 aromatic rings. The molecule has 1 amide bonds. The van der Waals surface area contributed by atoms with E-state index in [9.17, 15) is 4.79 Å². The average Bonchev–Trinajstić information content (AvgIpc) is 2.71. The van der Waals surface area contributed by atoms with Crippen molar-refractivity contribution >= 4 is 11.7 Å². The van der Waals surface area contributed by atoms with E-state index in [4.69, 9.17) is 0 Å². The molecule has 5 heteroatoms. The summed E-state index contributed by atoms with van der Waals surface area (Å²) in [6, 6.07) is 21.8. The quantitative estimate of drug-likeness (QED) is 0.690. The SMILES string of the molecule is CCN(Cc1ccccc1)C(=O)c1cc(NCc2ccccc2)nc(C)n1. The summed E-state index contributed by atoms with van der Waals surface area (Å²) in [6.45, 7) is 5.60. The van der Waals surface area contributed by atoms with Crippen LogP contribution in [0.1, 0.15) is 34.4 Å². The summed E-state index contributed by atoms with van der Waals surface area (Å²) in [5.74, 6) is 1.15. The number of benzene rings is 2. The van der Waals surface area contributed by atoms with Crippen molar-refractivity contribution in [1.82, 2.24) is 14.9 Å². The lowest BCUT2D eigenvalue weighted by molar-refractivity contribution is 0.0746. The highest BCUT2D eigenvalue weighted by atomic mass is 16.2. The Kier molecular flexibility index (Phi) is 6.15. The van der Waals surface area contributed by atoms with Crippen LogP contribution in [0.25, 0.3) is 0 Å². The fraction of sp³-hybridized carbons (Fsp3) is 0.227. The molecule has 0 saturated heterocycles. The molecule has 0 radical (unpaired) electrons. The second-order valence-corrected chi connectivity index (χ2v) is 6.33. The summed E-state index contributed by atoms with van der Waals surface area (Å²) < 4.78 is 0.